The number of nitrogens with zero attached hydrogens (tertiary/aromatic N) is 2. The van der Waals surface area contributed by atoms with E-state index < -0.39 is 0 Å². The average Bonchev–Trinajstić information content (AvgIpc) is 2.88. The van der Waals surface area contributed by atoms with Gasteiger partial charge in [-0.15, -0.1) is 0 Å². The lowest BCUT2D eigenvalue weighted by Gasteiger charge is -2.03. The number of rotatable bonds is 6. The third-order valence-electron chi connectivity index (χ3n) is 2.99. The highest BCUT2D eigenvalue weighted by Crippen LogP contribution is 2.18. The van der Waals surface area contributed by atoms with Crippen molar-refractivity contribution in [3.05, 3.63) is 47.0 Å². The smallest absolute Gasteiger partial charge is 0.198 e. The van der Waals surface area contributed by atoms with Crippen molar-refractivity contribution in [2.24, 2.45) is 0 Å². The van der Waals surface area contributed by atoms with Gasteiger partial charge in [0.25, 0.3) is 0 Å². The van der Waals surface area contributed by atoms with Crippen LogP contribution in [0.1, 0.15) is 47.1 Å². The van der Waals surface area contributed by atoms with Gasteiger partial charge in [-0.05, 0) is 25.0 Å². The number of H-pyrrole nitrogens is 1. The zero-order chi connectivity index (χ0) is 13.7. The molecule has 19 heavy (non-hydrogen) atoms. The van der Waals surface area contributed by atoms with Crippen molar-refractivity contribution in [3.8, 4) is 0 Å². The van der Waals surface area contributed by atoms with E-state index in [-0.39, 0.29) is 12.4 Å². The van der Waals surface area contributed by atoms with Gasteiger partial charge in [0.2, 0.25) is 0 Å². The summed E-state index contributed by atoms with van der Waals surface area (Å²) in [6, 6.07) is 3.44. The van der Waals surface area contributed by atoms with E-state index >= 15 is 0 Å². The fraction of sp³-hybridized carbons (Fsp3) is 0.357. The van der Waals surface area contributed by atoms with Gasteiger partial charge in [-0.1, -0.05) is 13.3 Å². The van der Waals surface area contributed by atoms with Crippen molar-refractivity contribution in [1.29, 1.82) is 0 Å². The Morgan fingerprint density at radius 1 is 1.47 bits per heavy atom. The van der Waals surface area contributed by atoms with Gasteiger partial charge < -0.3 is 5.11 Å². The number of ketones is 1. The number of carbonyl (C=O) groups excluding carboxylic acids is 1. The lowest BCUT2D eigenvalue weighted by molar-refractivity contribution is 0.103. The lowest BCUT2D eigenvalue weighted by Crippen LogP contribution is -2.07. The predicted octanol–water partition coefficient (Wildman–Crippen LogP) is 1.87. The number of hydrogen-bond acceptors (Lipinski definition) is 4. The summed E-state index contributed by atoms with van der Waals surface area (Å²) in [5.41, 5.74) is 2.19. The lowest BCUT2D eigenvalue weighted by atomic mass is 10.00. The molecule has 2 rings (SSSR count). The van der Waals surface area contributed by atoms with Crippen LogP contribution in [0.5, 0.6) is 0 Å². The van der Waals surface area contributed by atoms with Crippen LogP contribution in [0.4, 0.5) is 0 Å². The van der Waals surface area contributed by atoms with Gasteiger partial charge >= 0.3 is 0 Å². The molecule has 0 radical (unpaired) electrons. The standard InChI is InChI=1S/C14H17N3O2/c1-2-3-6-11-13(12(9-18)17-16-11)14(19)10-5-4-7-15-8-10/h4-5,7-8,18H,2-3,6,9H2,1H3,(H,16,17). The molecule has 2 aromatic heterocycles. The fourth-order valence-electron chi connectivity index (χ4n) is 1.97. The van der Waals surface area contributed by atoms with E-state index in [2.05, 4.69) is 22.1 Å². The molecule has 0 bridgehead atoms. The second kappa shape index (κ2) is 6.24. The molecule has 2 aromatic rings. The minimum atomic E-state index is -0.222. The molecule has 2 heterocycles. The molecule has 0 aliphatic carbocycles. The minimum Gasteiger partial charge on any atom is -0.390 e. The minimum absolute atomic E-state index is 0.142. The van der Waals surface area contributed by atoms with Crippen molar-refractivity contribution >= 4 is 5.78 Å². The van der Waals surface area contributed by atoms with Crippen LogP contribution in [0.3, 0.4) is 0 Å². The maximum Gasteiger partial charge on any atom is 0.198 e. The normalized spacial score (nSPS) is 10.6. The molecule has 0 aliphatic heterocycles. The monoisotopic (exact) mass is 259 g/mol. The van der Waals surface area contributed by atoms with E-state index in [1.54, 1.807) is 18.3 Å². The third kappa shape index (κ3) is 2.88. The predicted molar refractivity (Wildman–Crippen MR) is 70.8 cm³/mol. The number of aromatic nitrogens is 3. The maximum atomic E-state index is 12.5. The van der Waals surface area contributed by atoms with E-state index in [1.807, 2.05) is 0 Å². The quantitative estimate of drug-likeness (QED) is 0.776. The number of pyridine rings is 1. The maximum absolute atomic E-state index is 12.5. The van der Waals surface area contributed by atoms with Gasteiger partial charge in [0.05, 0.1) is 23.6 Å². The molecular formula is C14H17N3O2. The summed E-state index contributed by atoms with van der Waals surface area (Å²) in [5, 5.41) is 16.2. The van der Waals surface area contributed by atoms with Crippen LogP contribution in [0.25, 0.3) is 0 Å². The fourth-order valence-corrected chi connectivity index (χ4v) is 1.97. The van der Waals surface area contributed by atoms with Crippen molar-refractivity contribution in [1.82, 2.24) is 15.2 Å². The highest BCUT2D eigenvalue weighted by atomic mass is 16.3. The second-order valence-corrected chi connectivity index (χ2v) is 4.36. The van der Waals surface area contributed by atoms with Gasteiger partial charge in [-0.25, -0.2) is 0 Å². The van der Waals surface area contributed by atoms with E-state index in [0.717, 1.165) is 25.0 Å². The van der Waals surface area contributed by atoms with Crippen LogP contribution >= 0.6 is 0 Å². The largest absolute Gasteiger partial charge is 0.390 e. The van der Waals surface area contributed by atoms with Crippen molar-refractivity contribution < 1.29 is 9.90 Å². The van der Waals surface area contributed by atoms with Gasteiger partial charge in [0, 0.05) is 18.0 Å². The summed E-state index contributed by atoms with van der Waals surface area (Å²) < 4.78 is 0. The molecule has 100 valence electrons. The first-order chi connectivity index (χ1) is 9.27. The van der Waals surface area contributed by atoms with Crippen LogP contribution < -0.4 is 0 Å². The van der Waals surface area contributed by atoms with Crippen LogP contribution in [0, 0.1) is 0 Å². The van der Waals surface area contributed by atoms with Crippen molar-refractivity contribution in [2.45, 2.75) is 32.8 Å². The Hall–Kier alpha value is -2.01. The number of unbranched alkanes of at least 4 members (excludes halogenated alkanes) is 1. The summed E-state index contributed by atoms with van der Waals surface area (Å²) in [5.74, 6) is -0.142. The van der Waals surface area contributed by atoms with Gasteiger partial charge in [0.15, 0.2) is 5.78 Å². The number of aliphatic hydroxyl groups is 1. The Morgan fingerprint density at radius 2 is 2.32 bits per heavy atom. The van der Waals surface area contributed by atoms with Crippen LogP contribution in [-0.2, 0) is 13.0 Å². The first-order valence-corrected chi connectivity index (χ1v) is 6.39. The molecule has 0 unspecified atom stereocenters. The first-order valence-electron chi connectivity index (χ1n) is 6.39. The van der Waals surface area contributed by atoms with Gasteiger partial charge in [0.1, 0.15) is 0 Å². The number of aryl methyl sites for hydroxylation is 1. The molecule has 0 amide bonds. The highest BCUT2D eigenvalue weighted by Gasteiger charge is 2.20. The molecule has 0 spiro atoms. The van der Waals surface area contributed by atoms with Gasteiger partial charge in [-0.3, -0.25) is 14.9 Å². The molecule has 5 heteroatoms. The third-order valence-corrected chi connectivity index (χ3v) is 2.99. The Labute approximate surface area is 111 Å². The molecular weight excluding hydrogens is 242 g/mol. The molecule has 0 aromatic carbocycles. The molecule has 0 atom stereocenters. The van der Waals surface area contributed by atoms with E-state index in [9.17, 15) is 9.90 Å². The Kier molecular flexibility index (Phi) is 4.41. The molecule has 0 aliphatic rings. The van der Waals surface area contributed by atoms with E-state index in [4.69, 9.17) is 0 Å². The number of aromatic amines is 1. The summed E-state index contributed by atoms with van der Waals surface area (Å²) in [7, 11) is 0. The molecule has 0 saturated carbocycles. The SMILES string of the molecule is CCCCc1n[nH]c(CO)c1C(=O)c1cccnc1. The highest BCUT2D eigenvalue weighted by molar-refractivity contribution is 6.10. The topological polar surface area (TPSA) is 78.9 Å². The first kappa shape index (κ1) is 13.4. The molecule has 5 nitrogen and oxygen atoms in total. The van der Waals surface area contributed by atoms with Crippen molar-refractivity contribution in [3.63, 3.8) is 0 Å². The van der Waals surface area contributed by atoms with Crippen molar-refractivity contribution in [2.75, 3.05) is 0 Å². The molecule has 0 fully saturated rings. The number of carbonyl (C=O) groups is 1. The summed E-state index contributed by atoms with van der Waals surface area (Å²) in [4.78, 5) is 16.4. The number of aliphatic hydroxyl groups excluding tert-OH is 1. The second-order valence-electron chi connectivity index (χ2n) is 4.36. The summed E-state index contributed by atoms with van der Waals surface area (Å²) in [6.45, 7) is 1.86. The summed E-state index contributed by atoms with van der Waals surface area (Å²) in [6.07, 6.45) is 5.87. The number of nitrogens with one attached hydrogen (secondary N) is 1. The average molecular weight is 259 g/mol. The Bertz CT molecular complexity index is 549. The zero-order valence-electron chi connectivity index (χ0n) is 10.9. The van der Waals surface area contributed by atoms with E-state index in [0.29, 0.717) is 16.8 Å². The Morgan fingerprint density at radius 3 is 2.95 bits per heavy atom. The van der Waals surface area contributed by atoms with Crippen LogP contribution in [0.2, 0.25) is 0 Å². The molecule has 0 saturated heterocycles. The summed E-state index contributed by atoms with van der Waals surface area (Å²) >= 11 is 0. The Balaban J connectivity index is 2.36. The molecule has 2 N–H and O–H groups in total. The van der Waals surface area contributed by atoms with Crippen LogP contribution in [0.15, 0.2) is 24.5 Å². The van der Waals surface area contributed by atoms with Crippen LogP contribution in [-0.4, -0.2) is 26.1 Å². The van der Waals surface area contributed by atoms with E-state index in [1.165, 1.54) is 6.20 Å². The zero-order valence-corrected chi connectivity index (χ0v) is 10.9. The number of hydrogen-bond donors (Lipinski definition) is 2. The van der Waals surface area contributed by atoms with Gasteiger partial charge in [-0.2, -0.15) is 5.10 Å².